The molecule has 1 heterocycles. The summed E-state index contributed by atoms with van der Waals surface area (Å²) in [5.74, 6) is 0.727. The summed E-state index contributed by atoms with van der Waals surface area (Å²) in [4.78, 5) is 9.99. The number of phenols is 1. The largest absolute Gasteiger partial charge is 0.507 e. The van der Waals surface area contributed by atoms with E-state index in [1.807, 2.05) is 48.5 Å². The molecule has 0 spiro atoms. The minimum Gasteiger partial charge on any atom is -0.507 e. The summed E-state index contributed by atoms with van der Waals surface area (Å²) < 4.78 is 6.54. The zero-order valence-electron chi connectivity index (χ0n) is 29.4. The van der Waals surface area contributed by atoms with Crippen molar-refractivity contribution >= 4 is 33.8 Å². The van der Waals surface area contributed by atoms with E-state index in [0.717, 1.165) is 49.7 Å². The molecule has 5 nitrogen and oxygen atoms in total. The van der Waals surface area contributed by atoms with Gasteiger partial charge in [-0.25, -0.2) is 4.98 Å². The highest BCUT2D eigenvalue weighted by Crippen LogP contribution is 2.40. The fraction of sp³-hybridized carbons (Fsp3) is 0.279. The minimum absolute atomic E-state index is 0.0966. The number of oxazole rings is 1. The van der Waals surface area contributed by atoms with E-state index in [2.05, 4.69) is 105 Å². The molecule has 0 saturated carbocycles. The van der Waals surface area contributed by atoms with Gasteiger partial charge in [0.1, 0.15) is 11.3 Å². The summed E-state index contributed by atoms with van der Waals surface area (Å²) in [6.45, 7) is 19.4. The summed E-state index contributed by atoms with van der Waals surface area (Å²) in [5, 5.41) is 22.8. The Bertz CT molecular complexity index is 2260. The van der Waals surface area contributed by atoms with Gasteiger partial charge in [-0.1, -0.05) is 98.7 Å². The lowest BCUT2D eigenvalue weighted by atomic mass is 9.79. The van der Waals surface area contributed by atoms with Gasteiger partial charge in [-0.2, -0.15) is 5.26 Å². The molecule has 0 radical (unpaired) electrons. The van der Waals surface area contributed by atoms with Crippen LogP contribution in [0.2, 0.25) is 0 Å². The van der Waals surface area contributed by atoms with Crippen molar-refractivity contribution in [2.45, 2.75) is 78.6 Å². The normalized spacial score (nSPS) is 12.7. The Morgan fingerprint density at radius 3 is 2.08 bits per heavy atom. The molecule has 242 valence electrons. The van der Waals surface area contributed by atoms with Crippen LogP contribution < -0.4 is 0 Å². The molecule has 6 rings (SSSR count). The molecule has 0 amide bonds. The lowest BCUT2D eigenvalue weighted by molar-refractivity contribution is 0.444. The summed E-state index contributed by atoms with van der Waals surface area (Å²) >= 11 is 0. The highest BCUT2D eigenvalue weighted by Gasteiger charge is 2.25. The van der Waals surface area contributed by atoms with Gasteiger partial charge in [-0.05, 0) is 92.2 Å². The second-order valence-electron chi connectivity index (χ2n) is 15.8. The SMILES string of the molecule is CC(C)(C)c1cc(C=Nc2ccccc2-c2nc3c(-c4ccc5cc(C#N)ccc5c4)cc(C(C)(C)C)cc3o2)c(O)c(C(C)(C)C)c1. The fourth-order valence-electron chi connectivity index (χ4n) is 5.95. The first-order chi connectivity index (χ1) is 22.5. The molecule has 0 aliphatic rings. The first kappa shape index (κ1) is 32.7. The number of hydrogen-bond donors (Lipinski definition) is 1. The van der Waals surface area contributed by atoms with Crippen molar-refractivity contribution < 1.29 is 9.52 Å². The van der Waals surface area contributed by atoms with Crippen LogP contribution in [-0.4, -0.2) is 16.3 Å². The van der Waals surface area contributed by atoms with Crippen LogP contribution in [0.1, 0.15) is 90.1 Å². The molecule has 0 bridgehead atoms. The number of nitriles is 1. The first-order valence-corrected chi connectivity index (χ1v) is 16.4. The van der Waals surface area contributed by atoms with Crippen LogP contribution in [-0.2, 0) is 16.2 Å². The molecule has 0 unspecified atom stereocenters. The number of aromatic hydroxyl groups is 1. The van der Waals surface area contributed by atoms with Crippen LogP contribution in [0.3, 0.4) is 0 Å². The third kappa shape index (κ3) is 6.36. The van der Waals surface area contributed by atoms with Crippen molar-refractivity contribution in [2.75, 3.05) is 0 Å². The van der Waals surface area contributed by atoms with Gasteiger partial charge in [-0.15, -0.1) is 0 Å². The van der Waals surface area contributed by atoms with Crippen molar-refractivity contribution in [3.05, 3.63) is 113 Å². The van der Waals surface area contributed by atoms with Crippen molar-refractivity contribution in [3.63, 3.8) is 0 Å². The van der Waals surface area contributed by atoms with Gasteiger partial charge in [0.15, 0.2) is 5.58 Å². The standard InChI is InChI=1S/C43H43N3O2/c1-41(2,3)31-20-30(39(47)35(22-31)43(7,8)9)25-45-36-13-11-10-12-33(36)40-46-38-34(21-32(42(4,5)6)23-37(38)48-40)29-17-16-27-18-26(24-44)14-15-28(27)19-29/h10-23,25,47H,1-9H3. The number of aromatic nitrogens is 1. The van der Waals surface area contributed by atoms with Crippen LogP contribution in [0, 0.1) is 11.3 Å². The molecule has 0 saturated heterocycles. The molecule has 48 heavy (non-hydrogen) atoms. The fourth-order valence-corrected chi connectivity index (χ4v) is 5.95. The van der Waals surface area contributed by atoms with Gasteiger partial charge < -0.3 is 9.52 Å². The molecule has 6 aromatic rings. The van der Waals surface area contributed by atoms with Crippen LogP contribution >= 0.6 is 0 Å². The van der Waals surface area contributed by atoms with Gasteiger partial charge in [0.25, 0.3) is 0 Å². The predicted octanol–water partition coefficient (Wildman–Crippen LogP) is 11.5. The van der Waals surface area contributed by atoms with Gasteiger partial charge >= 0.3 is 0 Å². The first-order valence-electron chi connectivity index (χ1n) is 16.4. The second-order valence-corrected chi connectivity index (χ2v) is 15.8. The van der Waals surface area contributed by atoms with E-state index in [-0.39, 0.29) is 22.0 Å². The zero-order valence-corrected chi connectivity index (χ0v) is 29.4. The maximum absolute atomic E-state index is 11.4. The maximum atomic E-state index is 11.4. The van der Waals surface area contributed by atoms with Crippen molar-refractivity contribution in [1.29, 1.82) is 5.26 Å². The van der Waals surface area contributed by atoms with Crippen molar-refractivity contribution in [2.24, 2.45) is 4.99 Å². The van der Waals surface area contributed by atoms with E-state index >= 15 is 0 Å². The molecule has 0 aliphatic heterocycles. The second kappa shape index (κ2) is 11.8. The molecule has 5 heteroatoms. The Hall–Kier alpha value is -5.21. The Morgan fingerprint density at radius 1 is 0.729 bits per heavy atom. The van der Waals surface area contributed by atoms with E-state index in [1.165, 1.54) is 0 Å². The lowest BCUT2D eigenvalue weighted by Gasteiger charge is -2.27. The van der Waals surface area contributed by atoms with Crippen molar-refractivity contribution in [1.82, 2.24) is 4.98 Å². The number of phenolic OH excluding ortho intramolecular Hbond substituents is 1. The number of hydrogen-bond acceptors (Lipinski definition) is 5. The monoisotopic (exact) mass is 633 g/mol. The summed E-state index contributed by atoms with van der Waals surface area (Å²) in [7, 11) is 0. The van der Waals surface area contributed by atoms with E-state index in [9.17, 15) is 10.4 Å². The molecule has 1 aromatic heterocycles. The smallest absolute Gasteiger partial charge is 0.229 e. The Labute approximate surface area is 283 Å². The Morgan fingerprint density at radius 2 is 1.40 bits per heavy atom. The van der Waals surface area contributed by atoms with Crippen LogP contribution in [0.4, 0.5) is 5.69 Å². The quantitative estimate of drug-likeness (QED) is 0.196. The predicted molar refractivity (Wildman–Crippen MR) is 199 cm³/mol. The van der Waals surface area contributed by atoms with Gasteiger partial charge in [0, 0.05) is 22.9 Å². The summed E-state index contributed by atoms with van der Waals surface area (Å²) in [6, 6.07) is 30.5. The molecule has 0 aliphatic carbocycles. The lowest BCUT2D eigenvalue weighted by Crippen LogP contribution is -2.17. The number of benzene rings is 5. The van der Waals surface area contributed by atoms with Crippen LogP contribution in [0.5, 0.6) is 5.75 Å². The Balaban J connectivity index is 1.49. The summed E-state index contributed by atoms with van der Waals surface area (Å²) in [6.07, 6.45) is 1.75. The molecule has 0 fully saturated rings. The molecule has 5 aromatic carbocycles. The third-order valence-corrected chi connectivity index (χ3v) is 8.93. The molecular formula is C43H43N3O2. The van der Waals surface area contributed by atoms with E-state index < -0.39 is 0 Å². The van der Waals surface area contributed by atoms with Gasteiger partial charge in [0.2, 0.25) is 5.89 Å². The number of para-hydroxylation sites is 1. The topological polar surface area (TPSA) is 82.4 Å². The van der Waals surface area contributed by atoms with E-state index in [1.54, 1.807) is 6.21 Å². The maximum Gasteiger partial charge on any atom is 0.229 e. The van der Waals surface area contributed by atoms with E-state index in [4.69, 9.17) is 14.4 Å². The van der Waals surface area contributed by atoms with Crippen molar-refractivity contribution in [3.8, 4) is 34.4 Å². The molecular weight excluding hydrogens is 590 g/mol. The van der Waals surface area contributed by atoms with Gasteiger partial charge in [0.05, 0.1) is 22.9 Å². The number of nitrogens with zero attached hydrogens (tertiary/aromatic N) is 3. The third-order valence-electron chi connectivity index (χ3n) is 8.93. The van der Waals surface area contributed by atoms with Crippen LogP contribution in [0.25, 0.3) is 44.5 Å². The minimum atomic E-state index is -0.238. The highest BCUT2D eigenvalue weighted by atomic mass is 16.3. The van der Waals surface area contributed by atoms with Gasteiger partial charge in [-0.3, -0.25) is 4.99 Å². The average Bonchev–Trinajstić information content (AvgIpc) is 3.46. The highest BCUT2D eigenvalue weighted by molar-refractivity contribution is 5.97. The van der Waals surface area contributed by atoms with E-state index in [0.29, 0.717) is 28.3 Å². The number of aliphatic imine (C=N–C) groups is 1. The van der Waals surface area contributed by atoms with Crippen LogP contribution in [0.15, 0.2) is 94.3 Å². The number of rotatable bonds is 4. The molecule has 1 N–H and O–H groups in total. The number of fused-ring (bicyclic) bond motifs is 2. The average molecular weight is 634 g/mol. The Kier molecular flexibility index (Phi) is 8.04. The zero-order chi connectivity index (χ0) is 34.6. The summed E-state index contributed by atoms with van der Waals surface area (Å²) in [5.41, 5.74) is 8.98. The molecule has 0 atom stereocenters.